The highest BCUT2D eigenvalue weighted by molar-refractivity contribution is 5.89. The Balaban J connectivity index is 1.56. The van der Waals surface area contributed by atoms with Crippen molar-refractivity contribution in [2.45, 2.75) is 31.2 Å². The van der Waals surface area contributed by atoms with E-state index in [1.54, 1.807) is 19.2 Å². The maximum Gasteiger partial charge on any atom is 0.329 e. The number of carboxylic acids is 1. The number of aliphatic carboxylic acids is 1. The number of benzene rings is 1. The number of nitrogens with one attached hydrogen (secondary N) is 1. The molecular formula is C16H17N3O5. The monoisotopic (exact) mass is 331 g/mol. The summed E-state index contributed by atoms with van der Waals surface area (Å²) in [5.41, 5.74) is -0.293. The average molecular weight is 331 g/mol. The lowest BCUT2D eigenvalue weighted by atomic mass is 10.2. The van der Waals surface area contributed by atoms with Gasteiger partial charge in [-0.3, -0.25) is 4.79 Å². The van der Waals surface area contributed by atoms with Gasteiger partial charge in [-0.05, 0) is 37.1 Å². The second-order valence-electron chi connectivity index (χ2n) is 5.68. The lowest BCUT2D eigenvalue weighted by Gasteiger charge is -2.11. The second-order valence-corrected chi connectivity index (χ2v) is 5.68. The van der Waals surface area contributed by atoms with Gasteiger partial charge < -0.3 is 19.7 Å². The summed E-state index contributed by atoms with van der Waals surface area (Å²) >= 11 is 0. The van der Waals surface area contributed by atoms with Crippen LogP contribution in [-0.2, 0) is 16.0 Å². The molecule has 1 fully saturated rings. The maximum absolute atomic E-state index is 11.8. The number of hydrogen-bond acceptors (Lipinski definition) is 6. The standard InChI is InChI=1S/C16H17N3O5/c1-23-11-4-2-10(3-5-11)14-17-13(24-19-14)7-6-12(20)18-16(8-9-16)15(21)22/h2-5H,6-9H2,1H3,(H,18,20)(H,21,22). The predicted molar refractivity (Wildman–Crippen MR) is 82.4 cm³/mol. The zero-order valence-electron chi connectivity index (χ0n) is 13.1. The molecular weight excluding hydrogens is 314 g/mol. The van der Waals surface area contributed by atoms with Crippen LogP contribution in [-0.4, -0.2) is 39.8 Å². The smallest absolute Gasteiger partial charge is 0.329 e. The Labute approximate surface area is 137 Å². The molecule has 0 saturated heterocycles. The zero-order valence-corrected chi connectivity index (χ0v) is 13.1. The Kier molecular flexibility index (Phi) is 4.20. The average Bonchev–Trinajstić information content (AvgIpc) is 3.21. The number of nitrogens with zero attached hydrogens (tertiary/aromatic N) is 2. The Morgan fingerprint density at radius 1 is 1.33 bits per heavy atom. The summed E-state index contributed by atoms with van der Waals surface area (Å²) in [6.07, 6.45) is 1.29. The van der Waals surface area contributed by atoms with E-state index < -0.39 is 11.5 Å². The molecule has 8 nitrogen and oxygen atoms in total. The second kappa shape index (κ2) is 6.31. The minimum atomic E-state index is -1.07. The van der Waals surface area contributed by atoms with E-state index in [0.717, 1.165) is 11.3 Å². The molecule has 0 unspecified atom stereocenters. The number of ether oxygens (including phenoxy) is 1. The molecule has 0 atom stereocenters. The van der Waals surface area contributed by atoms with Crippen LogP contribution in [0.25, 0.3) is 11.4 Å². The van der Waals surface area contributed by atoms with Gasteiger partial charge in [-0.15, -0.1) is 0 Å². The number of aromatic nitrogens is 2. The SMILES string of the molecule is COc1ccc(-c2noc(CCC(=O)NC3(C(=O)O)CC3)n2)cc1. The summed E-state index contributed by atoms with van der Waals surface area (Å²) in [4.78, 5) is 27.1. The molecule has 1 aromatic carbocycles. The molecule has 0 spiro atoms. The Bertz CT molecular complexity index is 749. The summed E-state index contributed by atoms with van der Waals surface area (Å²) in [5, 5.41) is 15.5. The first-order valence-electron chi connectivity index (χ1n) is 7.54. The van der Waals surface area contributed by atoms with Crippen LogP contribution in [0.1, 0.15) is 25.2 Å². The molecule has 1 aliphatic rings. The molecule has 126 valence electrons. The van der Waals surface area contributed by atoms with Gasteiger partial charge in [0.2, 0.25) is 17.6 Å². The van der Waals surface area contributed by atoms with Crippen molar-refractivity contribution in [3.05, 3.63) is 30.2 Å². The molecule has 2 N–H and O–H groups in total. The highest BCUT2D eigenvalue weighted by Crippen LogP contribution is 2.35. The fourth-order valence-electron chi connectivity index (χ4n) is 2.28. The van der Waals surface area contributed by atoms with Crippen molar-refractivity contribution in [1.29, 1.82) is 0 Å². The van der Waals surface area contributed by atoms with Crippen LogP contribution < -0.4 is 10.1 Å². The molecule has 1 heterocycles. The van der Waals surface area contributed by atoms with Crippen molar-refractivity contribution in [3.63, 3.8) is 0 Å². The van der Waals surface area contributed by atoms with Crippen molar-refractivity contribution in [1.82, 2.24) is 15.5 Å². The van der Waals surface area contributed by atoms with E-state index in [2.05, 4.69) is 15.5 Å². The van der Waals surface area contributed by atoms with Crippen molar-refractivity contribution in [3.8, 4) is 17.1 Å². The minimum absolute atomic E-state index is 0.0965. The first kappa shape index (κ1) is 16.0. The number of carbonyl (C=O) groups excluding carboxylic acids is 1. The Hall–Kier alpha value is -2.90. The number of methoxy groups -OCH3 is 1. The van der Waals surface area contributed by atoms with E-state index in [-0.39, 0.29) is 18.7 Å². The van der Waals surface area contributed by atoms with Crippen molar-refractivity contribution in [2.24, 2.45) is 0 Å². The highest BCUT2D eigenvalue weighted by atomic mass is 16.5. The van der Waals surface area contributed by atoms with Crippen molar-refractivity contribution < 1.29 is 24.0 Å². The van der Waals surface area contributed by atoms with E-state index in [1.165, 1.54) is 0 Å². The predicted octanol–water partition coefficient (Wildman–Crippen LogP) is 1.41. The first-order chi connectivity index (χ1) is 11.5. The molecule has 1 aromatic heterocycles. The molecule has 8 heteroatoms. The van der Waals surface area contributed by atoms with Crippen molar-refractivity contribution >= 4 is 11.9 Å². The highest BCUT2D eigenvalue weighted by Gasteiger charge is 2.51. The van der Waals surface area contributed by atoms with Gasteiger partial charge in [-0.25, -0.2) is 4.79 Å². The Morgan fingerprint density at radius 3 is 2.62 bits per heavy atom. The molecule has 0 bridgehead atoms. The van der Waals surface area contributed by atoms with E-state index in [1.807, 2.05) is 12.1 Å². The summed E-state index contributed by atoms with van der Waals surface area (Å²) in [7, 11) is 1.59. The van der Waals surface area contributed by atoms with Crippen LogP contribution in [0.3, 0.4) is 0 Å². The van der Waals surface area contributed by atoms with Gasteiger partial charge in [0.05, 0.1) is 7.11 Å². The number of rotatable bonds is 7. The van der Waals surface area contributed by atoms with E-state index >= 15 is 0 Å². The number of carboxylic acid groups (broad SMARTS) is 1. The van der Waals surface area contributed by atoms with Gasteiger partial charge in [-0.2, -0.15) is 4.98 Å². The van der Waals surface area contributed by atoms with Crippen molar-refractivity contribution in [2.75, 3.05) is 7.11 Å². The summed E-state index contributed by atoms with van der Waals surface area (Å²) in [6.45, 7) is 0. The fraction of sp³-hybridized carbons (Fsp3) is 0.375. The third-order valence-electron chi connectivity index (χ3n) is 3.92. The van der Waals surface area contributed by atoms with Gasteiger partial charge in [0.1, 0.15) is 11.3 Å². The van der Waals surface area contributed by atoms with Gasteiger partial charge in [-0.1, -0.05) is 5.16 Å². The first-order valence-corrected chi connectivity index (χ1v) is 7.54. The minimum Gasteiger partial charge on any atom is -0.497 e. The molecule has 0 radical (unpaired) electrons. The van der Waals surface area contributed by atoms with E-state index in [4.69, 9.17) is 14.4 Å². The third kappa shape index (κ3) is 3.37. The normalized spacial score (nSPS) is 14.9. The van der Waals surface area contributed by atoms with E-state index in [0.29, 0.717) is 24.6 Å². The summed E-state index contributed by atoms with van der Waals surface area (Å²) in [6, 6.07) is 7.20. The maximum atomic E-state index is 11.8. The molecule has 1 aliphatic carbocycles. The van der Waals surface area contributed by atoms with Crippen LogP contribution >= 0.6 is 0 Å². The lowest BCUT2D eigenvalue weighted by Crippen LogP contribution is -2.43. The number of carbonyl (C=O) groups is 2. The topological polar surface area (TPSA) is 115 Å². The third-order valence-corrected chi connectivity index (χ3v) is 3.92. The van der Waals surface area contributed by atoms with E-state index in [9.17, 15) is 9.59 Å². The van der Waals surface area contributed by atoms with Crippen LogP contribution in [0.4, 0.5) is 0 Å². The number of aryl methyl sites for hydroxylation is 1. The molecule has 1 amide bonds. The molecule has 0 aliphatic heterocycles. The molecule has 24 heavy (non-hydrogen) atoms. The zero-order chi connectivity index (χ0) is 17.2. The quantitative estimate of drug-likeness (QED) is 0.788. The van der Waals surface area contributed by atoms with Crippen LogP contribution in [0.5, 0.6) is 5.75 Å². The van der Waals surface area contributed by atoms with Gasteiger partial charge in [0.15, 0.2) is 0 Å². The summed E-state index contributed by atoms with van der Waals surface area (Å²) < 4.78 is 10.2. The van der Waals surface area contributed by atoms with Gasteiger partial charge in [0, 0.05) is 18.4 Å². The number of hydrogen-bond donors (Lipinski definition) is 2. The lowest BCUT2D eigenvalue weighted by molar-refractivity contribution is -0.143. The largest absolute Gasteiger partial charge is 0.497 e. The number of amides is 1. The van der Waals surface area contributed by atoms with Crippen LogP contribution in [0, 0.1) is 0 Å². The fourth-order valence-corrected chi connectivity index (χ4v) is 2.28. The van der Waals surface area contributed by atoms with Gasteiger partial charge in [0.25, 0.3) is 0 Å². The Morgan fingerprint density at radius 2 is 2.04 bits per heavy atom. The molecule has 3 rings (SSSR count). The van der Waals surface area contributed by atoms with Crippen LogP contribution in [0.2, 0.25) is 0 Å². The molecule has 2 aromatic rings. The summed E-state index contributed by atoms with van der Waals surface area (Å²) in [5.74, 6) is 0.162. The van der Waals surface area contributed by atoms with Crippen LogP contribution in [0.15, 0.2) is 28.8 Å². The molecule has 1 saturated carbocycles. The van der Waals surface area contributed by atoms with Gasteiger partial charge >= 0.3 is 5.97 Å².